The van der Waals surface area contributed by atoms with Gasteiger partial charge in [0.1, 0.15) is 5.75 Å². The van der Waals surface area contributed by atoms with Gasteiger partial charge in [0.2, 0.25) is 0 Å². The number of carboxylic acid groups (broad SMARTS) is 1. The average Bonchev–Trinajstić information content (AvgIpc) is 2.59. The molecule has 1 heterocycles. The molecule has 0 aliphatic rings. The van der Waals surface area contributed by atoms with Gasteiger partial charge in [-0.05, 0) is 38.5 Å². The van der Waals surface area contributed by atoms with E-state index in [1.54, 1.807) is 12.1 Å². The smallest absolute Gasteiger partial charge is 0.338 e. The molecule has 18 heavy (non-hydrogen) atoms. The van der Waals surface area contributed by atoms with Crippen LogP contribution < -0.4 is 0 Å². The summed E-state index contributed by atoms with van der Waals surface area (Å²) in [6.07, 6.45) is 0.921. The lowest BCUT2D eigenvalue weighted by atomic mass is 10.1. The fraction of sp³-hybridized carbons (Fsp3) is 0.357. The largest absolute Gasteiger partial charge is 0.508 e. The van der Waals surface area contributed by atoms with Crippen LogP contribution in [0.2, 0.25) is 0 Å². The minimum absolute atomic E-state index is 0.0892. The molecule has 4 nitrogen and oxygen atoms in total. The van der Waals surface area contributed by atoms with E-state index in [4.69, 9.17) is 0 Å². The maximum absolute atomic E-state index is 11.4. The topological polar surface area (TPSA) is 62.5 Å². The number of phenols is 1. The number of phenolic OH excluding ortho intramolecular Hbond substituents is 1. The van der Waals surface area contributed by atoms with E-state index in [9.17, 15) is 15.0 Å². The summed E-state index contributed by atoms with van der Waals surface area (Å²) < 4.78 is 2.03. The van der Waals surface area contributed by atoms with Gasteiger partial charge in [-0.15, -0.1) is 0 Å². The number of hydrogen-bond donors (Lipinski definition) is 2. The average molecular weight is 247 g/mol. The molecule has 96 valence electrons. The zero-order valence-corrected chi connectivity index (χ0v) is 10.8. The van der Waals surface area contributed by atoms with E-state index in [1.165, 1.54) is 6.07 Å². The summed E-state index contributed by atoms with van der Waals surface area (Å²) in [5.41, 5.74) is 1.87. The van der Waals surface area contributed by atoms with Gasteiger partial charge in [0.05, 0.1) is 5.56 Å². The van der Waals surface area contributed by atoms with Crippen molar-refractivity contribution < 1.29 is 15.0 Å². The van der Waals surface area contributed by atoms with Crippen molar-refractivity contribution >= 4 is 16.9 Å². The van der Waals surface area contributed by atoms with Gasteiger partial charge in [-0.1, -0.05) is 6.92 Å². The van der Waals surface area contributed by atoms with Crippen molar-refractivity contribution in [2.45, 2.75) is 33.2 Å². The number of carboxylic acids is 1. The van der Waals surface area contributed by atoms with E-state index in [1.807, 2.05) is 11.5 Å². The van der Waals surface area contributed by atoms with Crippen molar-refractivity contribution in [3.63, 3.8) is 0 Å². The fourth-order valence-corrected chi connectivity index (χ4v) is 2.45. The molecule has 0 spiro atoms. The van der Waals surface area contributed by atoms with E-state index < -0.39 is 5.97 Å². The highest BCUT2D eigenvalue weighted by Gasteiger charge is 2.21. The van der Waals surface area contributed by atoms with Gasteiger partial charge in [0.15, 0.2) is 0 Å². The van der Waals surface area contributed by atoms with Crippen LogP contribution in [0.25, 0.3) is 10.9 Å². The Hall–Kier alpha value is -1.97. The maximum Gasteiger partial charge on any atom is 0.338 e. The molecule has 1 aromatic heterocycles. The Kier molecular flexibility index (Phi) is 3.03. The molecular weight excluding hydrogens is 230 g/mol. The summed E-state index contributed by atoms with van der Waals surface area (Å²) in [5.74, 6) is -0.864. The molecule has 2 N–H and O–H groups in total. The van der Waals surface area contributed by atoms with Crippen molar-refractivity contribution in [2.75, 3.05) is 0 Å². The van der Waals surface area contributed by atoms with E-state index in [0.29, 0.717) is 5.39 Å². The molecule has 0 aliphatic carbocycles. The lowest BCUT2D eigenvalue weighted by molar-refractivity contribution is 0.0698. The predicted molar refractivity (Wildman–Crippen MR) is 70.3 cm³/mol. The van der Waals surface area contributed by atoms with Crippen molar-refractivity contribution in [2.24, 2.45) is 0 Å². The highest BCUT2D eigenvalue weighted by atomic mass is 16.4. The quantitative estimate of drug-likeness (QED) is 0.874. The summed E-state index contributed by atoms with van der Waals surface area (Å²) in [6, 6.07) is 5.11. The minimum Gasteiger partial charge on any atom is -0.508 e. The van der Waals surface area contributed by atoms with Crippen LogP contribution >= 0.6 is 0 Å². The molecule has 1 aromatic carbocycles. The Morgan fingerprint density at radius 3 is 2.67 bits per heavy atom. The second kappa shape index (κ2) is 4.37. The van der Waals surface area contributed by atoms with E-state index in [-0.39, 0.29) is 17.4 Å². The number of hydrogen-bond acceptors (Lipinski definition) is 2. The van der Waals surface area contributed by atoms with Gasteiger partial charge in [0, 0.05) is 22.6 Å². The Bertz CT molecular complexity index is 613. The minimum atomic E-state index is -0.954. The van der Waals surface area contributed by atoms with Crippen LogP contribution in [0.3, 0.4) is 0 Å². The Labute approximate surface area is 105 Å². The summed E-state index contributed by atoms with van der Waals surface area (Å²) in [6.45, 7) is 5.94. The Morgan fingerprint density at radius 1 is 1.44 bits per heavy atom. The van der Waals surface area contributed by atoms with Crippen LogP contribution in [0.15, 0.2) is 18.2 Å². The number of nitrogens with zero attached hydrogens (tertiary/aromatic N) is 1. The van der Waals surface area contributed by atoms with Gasteiger partial charge in [-0.2, -0.15) is 0 Å². The molecule has 1 unspecified atom stereocenters. The number of benzene rings is 1. The lowest BCUT2D eigenvalue weighted by Gasteiger charge is -2.15. The van der Waals surface area contributed by atoms with Crippen LogP contribution in [0.1, 0.15) is 42.4 Å². The van der Waals surface area contributed by atoms with E-state index in [0.717, 1.165) is 17.6 Å². The number of aromatic nitrogens is 1. The third-order valence-electron chi connectivity index (χ3n) is 3.48. The first-order valence-electron chi connectivity index (χ1n) is 6.04. The molecule has 1 atom stereocenters. The number of fused-ring (bicyclic) bond motifs is 1. The summed E-state index contributed by atoms with van der Waals surface area (Å²) in [5, 5.41) is 19.5. The molecule has 0 aliphatic heterocycles. The van der Waals surface area contributed by atoms with Crippen molar-refractivity contribution in [1.29, 1.82) is 0 Å². The first-order chi connectivity index (χ1) is 8.47. The molecular formula is C14H17NO3. The summed E-state index contributed by atoms with van der Waals surface area (Å²) in [4.78, 5) is 11.4. The molecule has 2 aromatic rings. The highest BCUT2D eigenvalue weighted by Crippen LogP contribution is 2.32. The van der Waals surface area contributed by atoms with Crippen LogP contribution in [0, 0.1) is 6.92 Å². The summed E-state index contributed by atoms with van der Waals surface area (Å²) >= 11 is 0. The lowest BCUT2D eigenvalue weighted by Crippen LogP contribution is -2.07. The van der Waals surface area contributed by atoms with Gasteiger partial charge in [-0.3, -0.25) is 0 Å². The number of carbonyl (C=O) groups is 1. The fourth-order valence-electron chi connectivity index (χ4n) is 2.45. The first-order valence-corrected chi connectivity index (χ1v) is 6.04. The van der Waals surface area contributed by atoms with E-state index in [2.05, 4.69) is 13.8 Å². The molecule has 4 heteroatoms. The summed E-state index contributed by atoms with van der Waals surface area (Å²) in [7, 11) is 0. The van der Waals surface area contributed by atoms with Crippen LogP contribution in [-0.4, -0.2) is 20.7 Å². The molecule has 0 amide bonds. The Balaban J connectivity index is 2.87. The second-order valence-corrected chi connectivity index (χ2v) is 4.59. The van der Waals surface area contributed by atoms with Crippen LogP contribution in [0.4, 0.5) is 0 Å². The third-order valence-corrected chi connectivity index (χ3v) is 3.48. The monoisotopic (exact) mass is 247 g/mol. The standard InChI is InChI=1S/C14H17NO3/c1-4-8(2)15-9(3)13(14(17)18)11-7-10(16)5-6-12(11)15/h5-8,16H,4H2,1-3H3,(H,17,18). The SMILES string of the molecule is CCC(C)n1c(C)c(C(=O)O)c2cc(O)ccc21. The third kappa shape index (κ3) is 1.74. The molecule has 0 saturated carbocycles. The van der Waals surface area contributed by atoms with E-state index >= 15 is 0 Å². The highest BCUT2D eigenvalue weighted by molar-refractivity contribution is 6.05. The van der Waals surface area contributed by atoms with Crippen molar-refractivity contribution in [3.8, 4) is 5.75 Å². The zero-order chi connectivity index (χ0) is 13.4. The number of rotatable bonds is 3. The van der Waals surface area contributed by atoms with Crippen LogP contribution in [-0.2, 0) is 0 Å². The molecule has 0 radical (unpaired) electrons. The molecule has 2 rings (SSSR count). The van der Waals surface area contributed by atoms with Crippen molar-refractivity contribution in [1.82, 2.24) is 4.57 Å². The Morgan fingerprint density at radius 2 is 2.11 bits per heavy atom. The number of aromatic carboxylic acids is 1. The molecule has 0 bridgehead atoms. The van der Waals surface area contributed by atoms with Crippen molar-refractivity contribution in [3.05, 3.63) is 29.5 Å². The van der Waals surface area contributed by atoms with Gasteiger partial charge >= 0.3 is 5.97 Å². The first kappa shape index (κ1) is 12.5. The molecule has 0 saturated heterocycles. The predicted octanol–water partition coefficient (Wildman–Crippen LogP) is 3.32. The van der Waals surface area contributed by atoms with Gasteiger partial charge in [-0.25, -0.2) is 4.79 Å². The normalized spacial score (nSPS) is 12.8. The maximum atomic E-state index is 11.4. The van der Waals surface area contributed by atoms with Crippen LogP contribution in [0.5, 0.6) is 5.75 Å². The van der Waals surface area contributed by atoms with Gasteiger partial charge < -0.3 is 14.8 Å². The van der Waals surface area contributed by atoms with Gasteiger partial charge in [0.25, 0.3) is 0 Å². The second-order valence-electron chi connectivity index (χ2n) is 4.59. The number of aromatic hydroxyl groups is 1. The molecule has 0 fully saturated rings. The zero-order valence-electron chi connectivity index (χ0n) is 10.8.